The molecule has 0 aliphatic carbocycles. The van der Waals surface area contributed by atoms with E-state index < -0.39 is 5.97 Å². The first kappa shape index (κ1) is 17.2. The monoisotopic (exact) mass is 379 g/mol. The van der Waals surface area contributed by atoms with Crippen LogP contribution in [-0.2, 0) is 4.79 Å². The first-order chi connectivity index (χ1) is 10.9. The van der Waals surface area contributed by atoms with E-state index in [1.807, 2.05) is 31.2 Å². The molecule has 0 radical (unpaired) electrons. The number of carboxylic acid groups (broad SMARTS) is 1. The van der Waals surface area contributed by atoms with Crippen molar-refractivity contribution in [3.8, 4) is 5.69 Å². The van der Waals surface area contributed by atoms with Crippen molar-refractivity contribution in [2.45, 2.75) is 20.3 Å². The van der Waals surface area contributed by atoms with Crippen molar-refractivity contribution in [1.82, 2.24) is 14.7 Å². The van der Waals surface area contributed by atoms with Gasteiger partial charge in [-0.2, -0.15) is 5.10 Å². The van der Waals surface area contributed by atoms with Gasteiger partial charge in [0.1, 0.15) is 6.54 Å². The van der Waals surface area contributed by atoms with Gasteiger partial charge < -0.3 is 10.0 Å². The van der Waals surface area contributed by atoms with Crippen LogP contribution in [0.25, 0.3) is 5.69 Å². The molecule has 0 saturated heterocycles. The zero-order valence-corrected chi connectivity index (χ0v) is 14.6. The zero-order chi connectivity index (χ0) is 17.0. The summed E-state index contributed by atoms with van der Waals surface area (Å²) in [6.45, 7) is 3.79. The van der Waals surface area contributed by atoms with Gasteiger partial charge in [0.15, 0.2) is 0 Å². The topological polar surface area (TPSA) is 75.4 Å². The number of hydrogen-bond acceptors (Lipinski definition) is 3. The Balaban J connectivity index is 2.31. The number of halogens is 1. The van der Waals surface area contributed by atoms with Gasteiger partial charge in [0, 0.05) is 11.0 Å². The second-order valence-corrected chi connectivity index (χ2v) is 6.07. The molecular weight excluding hydrogens is 362 g/mol. The quantitative estimate of drug-likeness (QED) is 0.836. The normalized spacial score (nSPS) is 10.6. The third-order valence-corrected chi connectivity index (χ3v) is 3.95. The molecule has 0 fully saturated rings. The molecule has 1 N–H and O–H groups in total. The van der Waals surface area contributed by atoms with Crippen LogP contribution in [0.5, 0.6) is 0 Å². The lowest BCUT2D eigenvalue weighted by atomic mass is 10.2. The van der Waals surface area contributed by atoms with Crippen LogP contribution in [0, 0.1) is 6.92 Å². The molecule has 0 atom stereocenters. The molecule has 1 amide bonds. The maximum absolute atomic E-state index is 12.6. The number of carbonyl (C=O) groups excluding carboxylic acids is 1. The van der Waals surface area contributed by atoms with Crippen molar-refractivity contribution < 1.29 is 14.7 Å². The highest BCUT2D eigenvalue weighted by Gasteiger charge is 2.22. The minimum atomic E-state index is -1.02. The molecular formula is C16H18BrN3O3. The summed E-state index contributed by atoms with van der Waals surface area (Å²) < 4.78 is 2.63. The van der Waals surface area contributed by atoms with Gasteiger partial charge in [-0.3, -0.25) is 9.59 Å². The molecule has 2 rings (SSSR count). The average Bonchev–Trinajstić information content (AvgIpc) is 2.88. The molecule has 0 unspecified atom stereocenters. The van der Waals surface area contributed by atoms with Gasteiger partial charge in [0.25, 0.3) is 5.91 Å². The lowest BCUT2D eigenvalue weighted by Gasteiger charge is -2.19. The highest BCUT2D eigenvalue weighted by molar-refractivity contribution is 9.10. The second-order valence-electron chi connectivity index (χ2n) is 5.15. The third-order valence-electron chi connectivity index (χ3n) is 3.42. The number of benzene rings is 1. The van der Waals surface area contributed by atoms with Gasteiger partial charge in [-0.05, 0) is 37.6 Å². The third kappa shape index (κ3) is 3.98. The number of aliphatic carboxylic acids is 1. The van der Waals surface area contributed by atoms with Crippen LogP contribution in [0.3, 0.4) is 0 Å². The van der Waals surface area contributed by atoms with Crippen molar-refractivity contribution in [1.29, 1.82) is 0 Å². The molecule has 0 saturated carbocycles. The van der Waals surface area contributed by atoms with Crippen molar-refractivity contribution >= 4 is 27.8 Å². The Labute approximate surface area is 142 Å². The van der Waals surface area contributed by atoms with Crippen LogP contribution in [0.4, 0.5) is 0 Å². The van der Waals surface area contributed by atoms with E-state index >= 15 is 0 Å². The molecule has 1 heterocycles. The Morgan fingerprint density at radius 1 is 1.30 bits per heavy atom. The van der Waals surface area contributed by atoms with Gasteiger partial charge in [-0.15, -0.1) is 0 Å². The van der Waals surface area contributed by atoms with Crippen LogP contribution < -0.4 is 0 Å². The maximum Gasteiger partial charge on any atom is 0.323 e. The molecule has 122 valence electrons. The van der Waals surface area contributed by atoms with E-state index in [-0.39, 0.29) is 12.5 Å². The smallest absolute Gasteiger partial charge is 0.323 e. The summed E-state index contributed by atoms with van der Waals surface area (Å²) in [5.41, 5.74) is 1.94. The van der Waals surface area contributed by atoms with Gasteiger partial charge in [0.2, 0.25) is 0 Å². The lowest BCUT2D eigenvalue weighted by molar-refractivity contribution is -0.137. The highest BCUT2D eigenvalue weighted by Crippen LogP contribution is 2.18. The number of carbonyl (C=O) groups is 2. The van der Waals surface area contributed by atoms with E-state index in [9.17, 15) is 9.59 Å². The van der Waals surface area contributed by atoms with Crippen molar-refractivity contribution in [3.05, 3.63) is 46.2 Å². The van der Waals surface area contributed by atoms with E-state index in [0.29, 0.717) is 24.2 Å². The molecule has 23 heavy (non-hydrogen) atoms. The van der Waals surface area contributed by atoms with Gasteiger partial charge in [0.05, 0.1) is 23.1 Å². The average molecular weight is 380 g/mol. The van der Waals surface area contributed by atoms with E-state index in [2.05, 4.69) is 21.0 Å². The Hall–Kier alpha value is -2.15. The molecule has 0 aliphatic rings. The van der Waals surface area contributed by atoms with Crippen LogP contribution >= 0.6 is 15.9 Å². The fourth-order valence-corrected chi connectivity index (χ4v) is 2.58. The van der Waals surface area contributed by atoms with E-state index in [1.54, 1.807) is 11.6 Å². The Morgan fingerprint density at radius 3 is 2.52 bits per heavy atom. The summed E-state index contributed by atoms with van der Waals surface area (Å²) >= 11 is 3.38. The molecule has 0 spiro atoms. The largest absolute Gasteiger partial charge is 0.480 e. The van der Waals surface area contributed by atoms with E-state index in [0.717, 1.165) is 10.2 Å². The number of amides is 1. The fourth-order valence-electron chi connectivity index (χ4n) is 2.32. The van der Waals surface area contributed by atoms with Gasteiger partial charge in [-0.1, -0.05) is 22.9 Å². The molecule has 7 heteroatoms. The number of nitrogens with zero attached hydrogens (tertiary/aromatic N) is 3. The molecule has 1 aromatic heterocycles. The summed E-state index contributed by atoms with van der Waals surface area (Å²) in [7, 11) is 0. The van der Waals surface area contributed by atoms with Crippen molar-refractivity contribution in [2.75, 3.05) is 13.1 Å². The Morgan fingerprint density at radius 2 is 1.96 bits per heavy atom. The first-order valence-electron chi connectivity index (χ1n) is 7.25. The number of rotatable bonds is 6. The summed E-state index contributed by atoms with van der Waals surface area (Å²) in [6, 6.07) is 7.57. The predicted molar refractivity (Wildman–Crippen MR) is 89.8 cm³/mol. The number of aromatic nitrogens is 2. The summed E-state index contributed by atoms with van der Waals surface area (Å²) in [5.74, 6) is -1.33. The van der Waals surface area contributed by atoms with Crippen molar-refractivity contribution in [3.63, 3.8) is 0 Å². The lowest BCUT2D eigenvalue weighted by Crippen LogP contribution is -2.36. The highest BCUT2D eigenvalue weighted by atomic mass is 79.9. The molecule has 0 bridgehead atoms. The number of carboxylic acids is 1. The molecule has 0 aliphatic heterocycles. The molecule has 2 aromatic rings. The van der Waals surface area contributed by atoms with Crippen LogP contribution in [0.2, 0.25) is 0 Å². The minimum Gasteiger partial charge on any atom is -0.480 e. The Kier molecular flexibility index (Phi) is 5.54. The summed E-state index contributed by atoms with van der Waals surface area (Å²) in [6.07, 6.45) is 2.18. The SMILES string of the molecule is CCCN(CC(=O)O)C(=O)c1cnn(-c2ccc(Br)cc2)c1C. The van der Waals surface area contributed by atoms with Crippen molar-refractivity contribution in [2.24, 2.45) is 0 Å². The first-order valence-corrected chi connectivity index (χ1v) is 8.05. The fraction of sp³-hybridized carbons (Fsp3) is 0.312. The van der Waals surface area contributed by atoms with Crippen LogP contribution in [0.15, 0.2) is 34.9 Å². The van der Waals surface area contributed by atoms with Gasteiger partial charge in [-0.25, -0.2) is 4.68 Å². The van der Waals surface area contributed by atoms with Crippen LogP contribution in [0.1, 0.15) is 29.4 Å². The second kappa shape index (κ2) is 7.41. The maximum atomic E-state index is 12.6. The minimum absolute atomic E-state index is 0.310. The van der Waals surface area contributed by atoms with Crippen LogP contribution in [-0.4, -0.2) is 44.8 Å². The standard InChI is InChI=1S/C16H18BrN3O3/c1-3-8-19(10-15(21)22)16(23)14-9-18-20(11(14)2)13-6-4-12(17)5-7-13/h4-7,9H,3,8,10H2,1-2H3,(H,21,22). The predicted octanol–water partition coefficient (Wildman–Crippen LogP) is 2.88. The van der Waals surface area contributed by atoms with E-state index in [1.165, 1.54) is 11.1 Å². The summed E-state index contributed by atoms with van der Waals surface area (Å²) in [4.78, 5) is 24.9. The number of hydrogen-bond donors (Lipinski definition) is 1. The van der Waals surface area contributed by atoms with Gasteiger partial charge >= 0.3 is 5.97 Å². The Bertz CT molecular complexity index is 710. The summed E-state index contributed by atoms with van der Waals surface area (Å²) in [5, 5.41) is 13.2. The zero-order valence-electron chi connectivity index (χ0n) is 13.0. The molecule has 1 aromatic carbocycles. The van der Waals surface area contributed by atoms with E-state index in [4.69, 9.17) is 5.11 Å². The molecule has 6 nitrogen and oxygen atoms in total.